The highest BCUT2D eigenvalue weighted by molar-refractivity contribution is 6.33. The van der Waals surface area contributed by atoms with Crippen molar-refractivity contribution in [1.29, 1.82) is 0 Å². The van der Waals surface area contributed by atoms with E-state index in [-0.39, 0.29) is 18.2 Å². The summed E-state index contributed by atoms with van der Waals surface area (Å²) in [6.45, 7) is 3.83. The lowest BCUT2D eigenvalue weighted by atomic mass is 10.1. The van der Waals surface area contributed by atoms with E-state index in [1.54, 1.807) is 12.1 Å². The highest BCUT2D eigenvalue weighted by atomic mass is 35.5. The normalized spacial score (nSPS) is 17.7. The van der Waals surface area contributed by atoms with Crippen molar-refractivity contribution >= 4 is 34.8 Å². The van der Waals surface area contributed by atoms with Crippen LogP contribution >= 0.6 is 11.6 Å². The zero-order chi connectivity index (χ0) is 16.6. The fourth-order valence-electron chi connectivity index (χ4n) is 2.72. The minimum Gasteiger partial charge on any atom is -0.372 e. The Hall–Kier alpha value is -2.33. The van der Waals surface area contributed by atoms with Gasteiger partial charge in [0.25, 0.3) is 5.91 Å². The Morgan fingerprint density at radius 3 is 2.61 bits per heavy atom. The summed E-state index contributed by atoms with van der Waals surface area (Å²) < 4.78 is 0. The zero-order valence-electron chi connectivity index (χ0n) is 13.0. The van der Waals surface area contributed by atoms with Crippen LogP contribution in [0.15, 0.2) is 42.5 Å². The SMILES string of the molecule is Cc1ccc(C)c(N2C(=O)C[C@@H](Nc3ccccc3Cl)C2=O)c1. The summed E-state index contributed by atoms with van der Waals surface area (Å²) in [6.07, 6.45) is 0.122. The summed E-state index contributed by atoms with van der Waals surface area (Å²) in [5.74, 6) is -0.447. The van der Waals surface area contributed by atoms with E-state index in [0.717, 1.165) is 11.1 Å². The van der Waals surface area contributed by atoms with Crippen molar-refractivity contribution in [1.82, 2.24) is 0 Å². The van der Waals surface area contributed by atoms with Gasteiger partial charge in [0.05, 0.1) is 22.8 Å². The van der Waals surface area contributed by atoms with Gasteiger partial charge in [-0.1, -0.05) is 35.9 Å². The number of carbonyl (C=O) groups is 2. The maximum atomic E-state index is 12.7. The van der Waals surface area contributed by atoms with Gasteiger partial charge in [0.15, 0.2) is 0 Å². The van der Waals surface area contributed by atoms with Crippen LogP contribution in [0.25, 0.3) is 0 Å². The van der Waals surface area contributed by atoms with Crippen molar-refractivity contribution in [3.8, 4) is 0 Å². The van der Waals surface area contributed by atoms with Gasteiger partial charge in [0, 0.05) is 0 Å². The predicted octanol–water partition coefficient (Wildman–Crippen LogP) is 3.70. The topological polar surface area (TPSA) is 49.4 Å². The number of nitrogens with one attached hydrogen (secondary N) is 1. The van der Waals surface area contributed by atoms with E-state index in [1.165, 1.54) is 4.90 Å². The molecule has 1 aliphatic heterocycles. The van der Waals surface area contributed by atoms with Crippen LogP contribution in [0.5, 0.6) is 0 Å². The molecule has 1 atom stereocenters. The molecule has 5 heteroatoms. The molecule has 23 heavy (non-hydrogen) atoms. The first-order valence-electron chi connectivity index (χ1n) is 7.42. The zero-order valence-corrected chi connectivity index (χ0v) is 13.7. The fraction of sp³-hybridized carbons (Fsp3) is 0.222. The average Bonchev–Trinajstić information content (AvgIpc) is 2.79. The molecule has 0 aliphatic carbocycles. The van der Waals surface area contributed by atoms with Crippen LogP contribution in [0.3, 0.4) is 0 Å². The second-order valence-electron chi connectivity index (χ2n) is 5.74. The third-order valence-electron chi connectivity index (χ3n) is 3.96. The van der Waals surface area contributed by atoms with Gasteiger partial charge in [-0.2, -0.15) is 0 Å². The Balaban J connectivity index is 1.88. The van der Waals surface area contributed by atoms with Crippen LogP contribution < -0.4 is 10.2 Å². The number of rotatable bonds is 3. The number of para-hydroxylation sites is 1. The van der Waals surface area contributed by atoms with Crippen LogP contribution in [-0.2, 0) is 9.59 Å². The monoisotopic (exact) mass is 328 g/mol. The molecule has 1 aliphatic rings. The average molecular weight is 329 g/mol. The number of anilines is 2. The number of carbonyl (C=O) groups excluding carboxylic acids is 2. The van der Waals surface area contributed by atoms with E-state index in [4.69, 9.17) is 11.6 Å². The number of benzene rings is 2. The molecule has 118 valence electrons. The highest BCUT2D eigenvalue weighted by Crippen LogP contribution is 2.30. The van der Waals surface area contributed by atoms with Crippen LogP contribution in [0.4, 0.5) is 11.4 Å². The van der Waals surface area contributed by atoms with Gasteiger partial charge < -0.3 is 5.32 Å². The molecule has 0 aromatic heterocycles. The van der Waals surface area contributed by atoms with Gasteiger partial charge in [-0.25, -0.2) is 4.90 Å². The largest absolute Gasteiger partial charge is 0.372 e. The molecule has 0 spiro atoms. The molecule has 0 saturated carbocycles. The van der Waals surface area contributed by atoms with E-state index in [0.29, 0.717) is 16.4 Å². The number of hydrogen-bond acceptors (Lipinski definition) is 3. The van der Waals surface area contributed by atoms with Gasteiger partial charge in [-0.15, -0.1) is 0 Å². The molecule has 2 aromatic rings. The number of amides is 2. The van der Waals surface area contributed by atoms with Crippen molar-refractivity contribution in [2.24, 2.45) is 0 Å². The fourth-order valence-corrected chi connectivity index (χ4v) is 2.91. The Morgan fingerprint density at radius 1 is 1.13 bits per heavy atom. The first-order chi connectivity index (χ1) is 11.0. The lowest BCUT2D eigenvalue weighted by Gasteiger charge is -2.19. The molecule has 3 rings (SSSR count). The molecule has 1 saturated heterocycles. The lowest BCUT2D eigenvalue weighted by molar-refractivity contribution is -0.121. The summed E-state index contributed by atoms with van der Waals surface area (Å²) in [5.41, 5.74) is 3.22. The third kappa shape index (κ3) is 2.94. The Morgan fingerprint density at radius 2 is 1.87 bits per heavy atom. The molecule has 0 unspecified atom stereocenters. The molecular formula is C18H17ClN2O2. The van der Waals surface area contributed by atoms with Gasteiger partial charge in [-0.05, 0) is 43.2 Å². The van der Waals surface area contributed by atoms with Crippen molar-refractivity contribution < 1.29 is 9.59 Å². The summed E-state index contributed by atoms with van der Waals surface area (Å²) in [4.78, 5) is 26.3. The minimum absolute atomic E-state index is 0.122. The summed E-state index contributed by atoms with van der Waals surface area (Å²) >= 11 is 6.11. The van der Waals surface area contributed by atoms with Crippen LogP contribution in [0.2, 0.25) is 5.02 Å². The molecular weight excluding hydrogens is 312 g/mol. The van der Waals surface area contributed by atoms with Crippen LogP contribution in [-0.4, -0.2) is 17.9 Å². The molecule has 1 N–H and O–H groups in total. The smallest absolute Gasteiger partial charge is 0.256 e. The molecule has 1 heterocycles. The summed E-state index contributed by atoms with van der Waals surface area (Å²) in [5, 5.41) is 3.61. The van der Waals surface area contributed by atoms with Crippen molar-refractivity contribution in [2.45, 2.75) is 26.3 Å². The van der Waals surface area contributed by atoms with Crippen LogP contribution in [0.1, 0.15) is 17.5 Å². The maximum absolute atomic E-state index is 12.7. The second kappa shape index (κ2) is 6.05. The Labute approximate surface area is 140 Å². The predicted molar refractivity (Wildman–Crippen MR) is 91.9 cm³/mol. The minimum atomic E-state index is -0.595. The third-order valence-corrected chi connectivity index (χ3v) is 4.29. The number of imide groups is 1. The van der Waals surface area contributed by atoms with E-state index >= 15 is 0 Å². The van der Waals surface area contributed by atoms with Gasteiger partial charge in [0.1, 0.15) is 6.04 Å². The summed E-state index contributed by atoms with van der Waals surface area (Å²) in [7, 11) is 0. The second-order valence-corrected chi connectivity index (χ2v) is 6.15. The number of hydrogen-bond donors (Lipinski definition) is 1. The first-order valence-corrected chi connectivity index (χ1v) is 7.80. The number of halogens is 1. The van der Waals surface area contributed by atoms with Gasteiger partial charge in [-0.3, -0.25) is 9.59 Å². The van der Waals surface area contributed by atoms with E-state index < -0.39 is 6.04 Å². The van der Waals surface area contributed by atoms with E-state index in [1.807, 2.05) is 44.2 Å². The Bertz CT molecular complexity index is 788. The van der Waals surface area contributed by atoms with Gasteiger partial charge in [0.2, 0.25) is 5.91 Å². The maximum Gasteiger partial charge on any atom is 0.256 e. The Kier molecular flexibility index (Phi) is 4.09. The first kappa shape index (κ1) is 15.6. The molecule has 1 fully saturated rings. The molecule has 2 amide bonds. The standard InChI is InChI=1S/C18H17ClN2O2/c1-11-7-8-12(2)16(9-11)21-17(22)10-15(18(21)23)20-14-6-4-3-5-13(14)19/h3-9,15,20H,10H2,1-2H3/t15-/m1/s1. The van der Waals surface area contributed by atoms with Crippen molar-refractivity contribution in [2.75, 3.05) is 10.2 Å². The van der Waals surface area contributed by atoms with Crippen molar-refractivity contribution in [3.63, 3.8) is 0 Å². The molecule has 2 aromatic carbocycles. The van der Waals surface area contributed by atoms with Gasteiger partial charge >= 0.3 is 0 Å². The summed E-state index contributed by atoms with van der Waals surface area (Å²) in [6, 6.07) is 12.3. The number of nitrogens with zero attached hydrogens (tertiary/aromatic N) is 1. The van der Waals surface area contributed by atoms with Crippen LogP contribution in [0, 0.1) is 13.8 Å². The van der Waals surface area contributed by atoms with E-state index in [2.05, 4.69) is 5.32 Å². The number of aryl methyl sites for hydroxylation is 2. The van der Waals surface area contributed by atoms with E-state index in [9.17, 15) is 9.59 Å². The van der Waals surface area contributed by atoms with Crippen molar-refractivity contribution in [3.05, 3.63) is 58.6 Å². The molecule has 0 bridgehead atoms. The molecule has 0 radical (unpaired) electrons. The molecule has 4 nitrogen and oxygen atoms in total. The lowest BCUT2D eigenvalue weighted by Crippen LogP contribution is -2.35. The highest BCUT2D eigenvalue weighted by Gasteiger charge is 2.40. The quantitative estimate of drug-likeness (QED) is 0.874.